The van der Waals surface area contributed by atoms with E-state index in [2.05, 4.69) is 15.2 Å². The molecular weight excluding hydrogens is 256 g/mol. The average Bonchev–Trinajstić information content (AvgIpc) is 2.44. The Bertz CT molecular complexity index is 449. The standard InChI is InChI=1S/C14H24N4O2/c1-6-11-12(7-2)16-17-14(15-11)18(10(4)5)9-13(19)20-8-3/h10H,6-9H2,1-5H3. The van der Waals surface area contributed by atoms with E-state index in [1.807, 2.05) is 32.6 Å². The molecule has 0 amide bonds. The van der Waals surface area contributed by atoms with Gasteiger partial charge in [0.1, 0.15) is 6.54 Å². The van der Waals surface area contributed by atoms with E-state index < -0.39 is 0 Å². The smallest absolute Gasteiger partial charge is 0.325 e. The van der Waals surface area contributed by atoms with E-state index in [-0.39, 0.29) is 18.6 Å². The predicted octanol–water partition coefficient (Wildman–Crippen LogP) is 1.77. The van der Waals surface area contributed by atoms with Crippen LogP contribution in [-0.4, -0.2) is 40.3 Å². The first-order chi connectivity index (χ1) is 9.53. The SMILES string of the molecule is CCOC(=O)CN(c1nnc(CC)c(CC)n1)C(C)C. The van der Waals surface area contributed by atoms with Crippen LogP contribution in [0.4, 0.5) is 5.95 Å². The summed E-state index contributed by atoms with van der Waals surface area (Å²) in [6, 6.07) is 0.0957. The lowest BCUT2D eigenvalue weighted by Gasteiger charge is -2.25. The van der Waals surface area contributed by atoms with Crippen LogP contribution < -0.4 is 4.90 Å². The predicted molar refractivity (Wildman–Crippen MR) is 77.7 cm³/mol. The first kappa shape index (κ1) is 16.3. The maximum absolute atomic E-state index is 11.7. The third kappa shape index (κ3) is 4.15. The number of anilines is 1. The van der Waals surface area contributed by atoms with E-state index in [9.17, 15) is 4.79 Å². The normalized spacial score (nSPS) is 10.7. The van der Waals surface area contributed by atoms with Crippen molar-refractivity contribution in [2.45, 2.75) is 53.5 Å². The van der Waals surface area contributed by atoms with Crippen LogP contribution in [-0.2, 0) is 22.4 Å². The maximum Gasteiger partial charge on any atom is 0.325 e. The van der Waals surface area contributed by atoms with Gasteiger partial charge in [-0.3, -0.25) is 4.79 Å². The fraction of sp³-hybridized carbons (Fsp3) is 0.714. The van der Waals surface area contributed by atoms with Crippen molar-refractivity contribution in [1.29, 1.82) is 0 Å². The molecule has 0 spiro atoms. The summed E-state index contributed by atoms with van der Waals surface area (Å²) in [6.07, 6.45) is 1.61. The Morgan fingerprint density at radius 1 is 1.15 bits per heavy atom. The van der Waals surface area contributed by atoms with Gasteiger partial charge in [0, 0.05) is 6.04 Å². The molecule has 0 saturated carbocycles. The summed E-state index contributed by atoms with van der Waals surface area (Å²) in [5.41, 5.74) is 1.85. The lowest BCUT2D eigenvalue weighted by atomic mass is 10.2. The lowest BCUT2D eigenvalue weighted by Crippen LogP contribution is -2.38. The molecule has 1 heterocycles. The van der Waals surface area contributed by atoms with Gasteiger partial charge in [-0.15, -0.1) is 5.10 Å². The molecule has 0 atom stereocenters. The van der Waals surface area contributed by atoms with Gasteiger partial charge in [0.2, 0.25) is 5.95 Å². The minimum atomic E-state index is -0.276. The molecule has 0 aliphatic carbocycles. The van der Waals surface area contributed by atoms with E-state index in [0.717, 1.165) is 24.2 Å². The number of hydrogen-bond donors (Lipinski definition) is 0. The van der Waals surface area contributed by atoms with Crippen LogP contribution in [0, 0.1) is 0 Å². The minimum absolute atomic E-state index is 0.0957. The van der Waals surface area contributed by atoms with E-state index in [4.69, 9.17) is 4.74 Å². The molecule has 0 fully saturated rings. The van der Waals surface area contributed by atoms with E-state index in [0.29, 0.717) is 12.6 Å². The molecule has 0 radical (unpaired) electrons. The second kappa shape index (κ2) is 7.77. The summed E-state index contributed by atoms with van der Waals surface area (Å²) in [7, 11) is 0. The Labute approximate surface area is 120 Å². The van der Waals surface area contributed by atoms with Crippen molar-refractivity contribution in [2.24, 2.45) is 0 Å². The largest absolute Gasteiger partial charge is 0.465 e. The molecule has 0 aliphatic rings. The van der Waals surface area contributed by atoms with Gasteiger partial charge < -0.3 is 9.64 Å². The summed E-state index contributed by atoms with van der Waals surface area (Å²) in [5, 5.41) is 8.37. The van der Waals surface area contributed by atoms with E-state index >= 15 is 0 Å². The Hall–Kier alpha value is -1.72. The van der Waals surface area contributed by atoms with Crippen LogP contribution in [0.25, 0.3) is 0 Å². The van der Waals surface area contributed by atoms with E-state index in [1.54, 1.807) is 6.92 Å². The fourth-order valence-electron chi connectivity index (χ4n) is 1.88. The summed E-state index contributed by atoms with van der Waals surface area (Å²) in [6.45, 7) is 10.4. The monoisotopic (exact) mass is 280 g/mol. The molecular formula is C14H24N4O2. The highest BCUT2D eigenvalue weighted by molar-refractivity contribution is 5.75. The first-order valence-corrected chi connectivity index (χ1v) is 7.18. The topological polar surface area (TPSA) is 68.2 Å². The zero-order valence-electron chi connectivity index (χ0n) is 13.0. The summed E-state index contributed by atoms with van der Waals surface area (Å²) in [5.74, 6) is 0.213. The number of esters is 1. The quantitative estimate of drug-likeness (QED) is 0.709. The molecule has 0 N–H and O–H groups in total. The van der Waals surface area contributed by atoms with Crippen molar-refractivity contribution >= 4 is 11.9 Å². The van der Waals surface area contributed by atoms with Gasteiger partial charge in [0.05, 0.1) is 18.0 Å². The van der Waals surface area contributed by atoms with Gasteiger partial charge in [-0.05, 0) is 33.6 Å². The van der Waals surface area contributed by atoms with Crippen molar-refractivity contribution in [3.05, 3.63) is 11.4 Å². The van der Waals surface area contributed by atoms with Gasteiger partial charge in [0.25, 0.3) is 0 Å². The second-order valence-corrected chi connectivity index (χ2v) is 4.74. The van der Waals surface area contributed by atoms with Gasteiger partial charge in [0.15, 0.2) is 0 Å². The highest BCUT2D eigenvalue weighted by atomic mass is 16.5. The molecule has 6 nitrogen and oxygen atoms in total. The zero-order chi connectivity index (χ0) is 15.1. The first-order valence-electron chi connectivity index (χ1n) is 7.18. The number of carbonyl (C=O) groups is 1. The highest BCUT2D eigenvalue weighted by Gasteiger charge is 2.19. The molecule has 0 saturated heterocycles. The molecule has 1 rings (SSSR count). The van der Waals surface area contributed by atoms with Crippen molar-refractivity contribution in [2.75, 3.05) is 18.1 Å². The molecule has 0 aromatic carbocycles. The third-order valence-corrected chi connectivity index (χ3v) is 2.98. The summed E-state index contributed by atoms with van der Waals surface area (Å²) in [4.78, 5) is 18.0. The maximum atomic E-state index is 11.7. The van der Waals surface area contributed by atoms with Crippen molar-refractivity contribution in [3.8, 4) is 0 Å². The summed E-state index contributed by atoms with van der Waals surface area (Å²) >= 11 is 0. The second-order valence-electron chi connectivity index (χ2n) is 4.74. The number of nitrogens with zero attached hydrogens (tertiary/aromatic N) is 4. The highest BCUT2D eigenvalue weighted by Crippen LogP contribution is 2.13. The van der Waals surface area contributed by atoms with Crippen molar-refractivity contribution in [1.82, 2.24) is 15.2 Å². The number of aryl methyl sites for hydroxylation is 2. The number of ether oxygens (including phenoxy) is 1. The number of carbonyl (C=O) groups excluding carboxylic acids is 1. The lowest BCUT2D eigenvalue weighted by molar-refractivity contribution is -0.141. The molecule has 0 bridgehead atoms. The Kier molecular flexibility index (Phi) is 6.35. The Morgan fingerprint density at radius 3 is 2.30 bits per heavy atom. The van der Waals surface area contributed by atoms with Crippen LogP contribution in [0.1, 0.15) is 46.0 Å². The van der Waals surface area contributed by atoms with Crippen molar-refractivity contribution in [3.63, 3.8) is 0 Å². The molecule has 0 unspecified atom stereocenters. The molecule has 1 aromatic heterocycles. The molecule has 1 aromatic rings. The van der Waals surface area contributed by atoms with Crippen LogP contribution in [0.2, 0.25) is 0 Å². The Balaban J connectivity index is 3.00. The summed E-state index contributed by atoms with van der Waals surface area (Å²) < 4.78 is 4.99. The fourth-order valence-corrected chi connectivity index (χ4v) is 1.88. The van der Waals surface area contributed by atoms with Gasteiger partial charge in [-0.25, -0.2) is 4.98 Å². The van der Waals surface area contributed by atoms with Crippen LogP contribution in [0.15, 0.2) is 0 Å². The molecule has 20 heavy (non-hydrogen) atoms. The number of rotatable bonds is 7. The van der Waals surface area contributed by atoms with Crippen LogP contribution in [0.3, 0.4) is 0 Å². The molecule has 0 aliphatic heterocycles. The average molecular weight is 280 g/mol. The van der Waals surface area contributed by atoms with E-state index in [1.165, 1.54) is 0 Å². The Morgan fingerprint density at radius 2 is 1.80 bits per heavy atom. The van der Waals surface area contributed by atoms with Crippen LogP contribution >= 0.6 is 0 Å². The minimum Gasteiger partial charge on any atom is -0.465 e. The zero-order valence-corrected chi connectivity index (χ0v) is 13.0. The third-order valence-electron chi connectivity index (χ3n) is 2.98. The molecule has 112 valence electrons. The molecule has 6 heteroatoms. The van der Waals surface area contributed by atoms with Crippen molar-refractivity contribution < 1.29 is 9.53 Å². The van der Waals surface area contributed by atoms with Gasteiger partial charge in [-0.2, -0.15) is 5.10 Å². The van der Waals surface area contributed by atoms with Gasteiger partial charge >= 0.3 is 5.97 Å². The van der Waals surface area contributed by atoms with Crippen LogP contribution in [0.5, 0.6) is 0 Å². The number of aromatic nitrogens is 3. The van der Waals surface area contributed by atoms with Gasteiger partial charge in [-0.1, -0.05) is 13.8 Å². The number of hydrogen-bond acceptors (Lipinski definition) is 6.